The van der Waals surface area contributed by atoms with Crippen molar-refractivity contribution in [3.8, 4) is 0 Å². The first-order valence-electron chi connectivity index (χ1n) is 4.90. The van der Waals surface area contributed by atoms with E-state index in [1.54, 1.807) is 30.6 Å². The Hall–Kier alpha value is -1.82. The maximum Gasteiger partial charge on any atom is 0.251 e. The van der Waals surface area contributed by atoms with Crippen LogP contribution in [0, 0.1) is 0 Å². The first-order chi connectivity index (χ1) is 8.25. The van der Waals surface area contributed by atoms with Crippen LogP contribution in [-0.2, 0) is 6.54 Å². The quantitative estimate of drug-likeness (QED) is 0.872. The molecule has 86 valence electrons. The summed E-state index contributed by atoms with van der Waals surface area (Å²) in [5.41, 5.74) is 1.32. The molecule has 17 heavy (non-hydrogen) atoms. The second kappa shape index (κ2) is 5.49. The number of hydrogen-bond acceptors (Lipinski definition) is 4. The summed E-state index contributed by atoms with van der Waals surface area (Å²) in [6.07, 6.45) is 4.66. The van der Waals surface area contributed by atoms with Crippen LogP contribution in [0.2, 0.25) is 0 Å². The first-order valence-corrected chi connectivity index (χ1v) is 5.69. The molecule has 2 aromatic rings. The van der Waals surface area contributed by atoms with E-state index >= 15 is 0 Å². The van der Waals surface area contributed by atoms with E-state index in [4.69, 9.17) is 0 Å². The Labute approximate surface area is 106 Å². The van der Waals surface area contributed by atoms with Crippen LogP contribution in [0.1, 0.15) is 16.1 Å². The lowest BCUT2D eigenvalue weighted by Crippen LogP contribution is -2.23. The lowest BCUT2D eigenvalue weighted by atomic mass is 10.2. The molecule has 1 amide bonds. The standard InChI is InChI=1S/C11H9BrN4O/c12-10-5-8(1-4-14-10)11(17)15-6-9-2-3-13-7-16-9/h1-5,7H,6H2,(H,15,17). The van der Waals surface area contributed by atoms with Crippen LogP contribution in [0.15, 0.2) is 41.5 Å². The highest BCUT2D eigenvalue weighted by atomic mass is 79.9. The van der Waals surface area contributed by atoms with E-state index in [1.807, 2.05) is 0 Å². The molecule has 0 fully saturated rings. The minimum atomic E-state index is -0.160. The predicted molar refractivity (Wildman–Crippen MR) is 65.1 cm³/mol. The monoisotopic (exact) mass is 292 g/mol. The fourth-order valence-electron chi connectivity index (χ4n) is 1.24. The number of halogens is 1. The van der Waals surface area contributed by atoms with E-state index in [2.05, 4.69) is 36.2 Å². The van der Waals surface area contributed by atoms with Gasteiger partial charge in [0.15, 0.2) is 0 Å². The summed E-state index contributed by atoms with van der Waals surface area (Å²) < 4.78 is 0.632. The van der Waals surface area contributed by atoms with Crippen LogP contribution in [0.3, 0.4) is 0 Å². The van der Waals surface area contributed by atoms with Crippen molar-refractivity contribution < 1.29 is 4.79 Å². The molecular formula is C11H9BrN4O. The summed E-state index contributed by atoms with van der Waals surface area (Å²) in [7, 11) is 0. The van der Waals surface area contributed by atoms with Gasteiger partial charge >= 0.3 is 0 Å². The van der Waals surface area contributed by atoms with Crippen molar-refractivity contribution in [3.63, 3.8) is 0 Å². The summed E-state index contributed by atoms with van der Waals surface area (Å²) in [6, 6.07) is 5.07. The van der Waals surface area contributed by atoms with Gasteiger partial charge in [0.2, 0.25) is 0 Å². The van der Waals surface area contributed by atoms with Gasteiger partial charge in [0.1, 0.15) is 10.9 Å². The first kappa shape index (κ1) is 11.7. The minimum absolute atomic E-state index is 0.160. The highest BCUT2D eigenvalue weighted by molar-refractivity contribution is 9.10. The molecule has 0 saturated heterocycles. The number of amides is 1. The molecule has 2 heterocycles. The van der Waals surface area contributed by atoms with Gasteiger partial charge in [-0.15, -0.1) is 0 Å². The molecule has 0 saturated carbocycles. The molecule has 0 bridgehead atoms. The Kier molecular flexibility index (Phi) is 3.77. The van der Waals surface area contributed by atoms with Crippen LogP contribution in [0.5, 0.6) is 0 Å². The maximum absolute atomic E-state index is 11.8. The summed E-state index contributed by atoms with van der Waals surface area (Å²) >= 11 is 3.21. The maximum atomic E-state index is 11.8. The fraction of sp³-hybridized carbons (Fsp3) is 0.0909. The van der Waals surface area contributed by atoms with Gasteiger partial charge in [0, 0.05) is 18.0 Å². The van der Waals surface area contributed by atoms with Gasteiger partial charge in [-0.25, -0.2) is 15.0 Å². The Balaban J connectivity index is 1.98. The molecule has 1 N–H and O–H groups in total. The molecule has 0 radical (unpaired) electrons. The zero-order chi connectivity index (χ0) is 12.1. The Bertz CT molecular complexity index is 518. The van der Waals surface area contributed by atoms with Crippen molar-refractivity contribution in [1.29, 1.82) is 0 Å². The van der Waals surface area contributed by atoms with Gasteiger partial charge in [-0.3, -0.25) is 4.79 Å². The van der Waals surface area contributed by atoms with Crippen molar-refractivity contribution in [2.75, 3.05) is 0 Å². The molecule has 0 aliphatic heterocycles. The van der Waals surface area contributed by atoms with Gasteiger partial charge < -0.3 is 5.32 Å². The number of aromatic nitrogens is 3. The van der Waals surface area contributed by atoms with Gasteiger partial charge in [-0.2, -0.15) is 0 Å². The smallest absolute Gasteiger partial charge is 0.251 e. The number of hydrogen-bond donors (Lipinski definition) is 1. The van der Waals surface area contributed by atoms with Crippen molar-refractivity contribution in [2.24, 2.45) is 0 Å². The van der Waals surface area contributed by atoms with Crippen molar-refractivity contribution in [3.05, 3.63) is 52.8 Å². The van der Waals surface area contributed by atoms with E-state index in [0.717, 1.165) is 5.69 Å². The highest BCUT2D eigenvalue weighted by Gasteiger charge is 2.05. The number of carbonyl (C=O) groups is 1. The molecular weight excluding hydrogens is 284 g/mol. The molecule has 6 heteroatoms. The van der Waals surface area contributed by atoms with Gasteiger partial charge in [0.05, 0.1) is 12.2 Å². The molecule has 5 nitrogen and oxygen atoms in total. The van der Waals surface area contributed by atoms with Crippen molar-refractivity contribution in [1.82, 2.24) is 20.3 Å². The molecule has 2 aromatic heterocycles. The van der Waals surface area contributed by atoms with E-state index < -0.39 is 0 Å². The summed E-state index contributed by atoms with van der Waals surface area (Å²) in [5, 5.41) is 2.76. The minimum Gasteiger partial charge on any atom is -0.346 e. The highest BCUT2D eigenvalue weighted by Crippen LogP contribution is 2.07. The van der Waals surface area contributed by atoms with Crippen LogP contribution < -0.4 is 5.32 Å². The summed E-state index contributed by atoms with van der Waals surface area (Å²) in [6.45, 7) is 0.376. The molecule has 0 unspecified atom stereocenters. The lowest BCUT2D eigenvalue weighted by Gasteiger charge is -2.04. The van der Waals surface area contributed by atoms with Crippen molar-refractivity contribution >= 4 is 21.8 Å². The van der Waals surface area contributed by atoms with Gasteiger partial charge in [-0.1, -0.05) is 0 Å². The Morgan fingerprint density at radius 3 is 2.88 bits per heavy atom. The molecule has 0 atom stereocenters. The second-order valence-corrected chi connectivity index (χ2v) is 4.06. The number of rotatable bonds is 3. The third kappa shape index (κ3) is 3.32. The van der Waals surface area contributed by atoms with Crippen LogP contribution in [0.25, 0.3) is 0 Å². The fourth-order valence-corrected chi connectivity index (χ4v) is 1.60. The third-order valence-corrected chi connectivity index (χ3v) is 2.50. The largest absolute Gasteiger partial charge is 0.346 e. The average Bonchev–Trinajstić information content (AvgIpc) is 2.37. The lowest BCUT2D eigenvalue weighted by molar-refractivity contribution is 0.0950. The zero-order valence-electron chi connectivity index (χ0n) is 8.80. The third-order valence-electron chi connectivity index (χ3n) is 2.06. The summed E-state index contributed by atoms with van der Waals surface area (Å²) in [5.74, 6) is -0.160. The van der Waals surface area contributed by atoms with Crippen LogP contribution in [0.4, 0.5) is 0 Å². The number of pyridine rings is 1. The number of nitrogens with zero attached hydrogens (tertiary/aromatic N) is 3. The van der Waals surface area contributed by atoms with Crippen LogP contribution >= 0.6 is 15.9 Å². The van der Waals surface area contributed by atoms with E-state index in [1.165, 1.54) is 6.33 Å². The molecule has 0 aromatic carbocycles. The van der Waals surface area contributed by atoms with Gasteiger partial charge in [0.25, 0.3) is 5.91 Å². The van der Waals surface area contributed by atoms with Gasteiger partial charge in [-0.05, 0) is 34.1 Å². The molecule has 0 aliphatic rings. The Morgan fingerprint density at radius 2 is 2.18 bits per heavy atom. The molecule has 0 aliphatic carbocycles. The molecule has 2 rings (SSSR count). The number of nitrogens with one attached hydrogen (secondary N) is 1. The van der Waals surface area contributed by atoms with Crippen LogP contribution in [-0.4, -0.2) is 20.9 Å². The second-order valence-electron chi connectivity index (χ2n) is 3.25. The topological polar surface area (TPSA) is 67.8 Å². The molecule has 0 spiro atoms. The van der Waals surface area contributed by atoms with E-state index in [0.29, 0.717) is 16.7 Å². The average molecular weight is 293 g/mol. The Morgan fingerprint density at radius 1 is 1.29 bits per heavy atom. The zero-order valence-corrected chi connectivity index (χ0v) is 10.4. The summed E-state index contributed by atoms with van der Waals surface area (Å²) in [4.78, 5) is 23.5. The number of carbonyl (C=O) groups excluding carboxylic acids is 1. The van der Waals surface area contributed by atoms with E-state index in [9.17, 15) is 4.79 Å². The SMILES string of the molecule is O=C(NCc1ccncn1)c1ccnc(Br)c1. The van der Waals surface area contributed by atoms with Crippen molar-refractivity contribution in [2.45, 2.75) is 6.54 Å². The normalized spacial score (nSPS) is 9.94. The predicted octanol–water partition coefficient (Wildman–Crippen LogP) is 1.56. The van der Waals surface area contributed by atoms with E-state index in [-0.39, 0.29) is 5.91 Å².